The molecule has 0 saturated heterocycles. The van der Waals surface area contributed by atoms with Gasteiger partial charge in [0.2, 0.25) is 0 Å². The first-order valence-electron chi connectivity index (χ1n) is 5.79. The van der Waals surface area contributed by atoms with Gasteiger partial charge in [0.15, 0.2) is 0 Å². The maximum Gasteiger partial charge on any atom is 0.108 e. The average molecular weight is 224 g/mol. The van der Waals surface area contributed by atoms with Gasteiger partial charge in [-0.3, -0.25) is 4.68 Å². The molecule has 1 aromatic rings. The molecule has 0 aromatic carbocycles. The van der Waals surface area contributed by atoms with Crippen LogP contribution in [0.3, 0.4) is 0 Å². The van der Waals surface area contributed by atoms with Crippen molar-refractivity contribution >= 4 is 0 Å². The van der Waals surface area contributed by atoms with Crippen LogP contribution in [0.4, 0.5) is 0 Å². The van der Waals surface area contributed by atoms with Gasteiger partial charge in [-0.15, -0.1) is 5.10 Å². The van der Waals surface area contributed by atoms with E-state index in [4.69, 9.17) is 10.8 Å². The second kappa shape index (κ2) is 4.14. The molecule has 16 heavy (non-hydrogen) atoms. The van der Waals surface area contributed by atoms with E-state index >= 15 is 0 Å². The Kier molecular flexibility index (Phi) is 2.99. The quantitative estimate of drug-likeness (QED) is 0.785. The van der Waals surface area contributed by atoms with Gasteiger partial charge in [0.1, 0.15) is 5.69 Å². The molecule has 1 aromatic heterocycles. The summed E-state index contributed by atoms with van der Waals surface area (Å²) in [5.74, 6) is 0.538. The van der Waals surface area contributed by atoms with Crippen molar-refractivity contribution in [3.63, 3.8) is 0 Å². The Morgan fingerprint density at radius 3 is 2.81 bits per heavy atom. The van der Waals surface area contributed by atoms with Crippen LogP contribution >= 0.6 is 0 Å². The van der Waals surface area contributed by atoms with Crippen LogP contribution in [0, 0.1) is 11.3 Å². The van der Waals surface area contributed by atoms with E-state index in [1.165, 1.54) is 0 Å². The number of nitrogens with zero attached hydrogens (tertiary/aromatic N) is 3. The molecule has 3 N–H and O–H groups in total. The minimum atomic E-state index is -0.0480. The monoisotopic (exact) mass is 224 g/mol. The van der Waals surface area contributed by atoms with Crippen molar-refractivity contribution in [3.8, 4) is 0 Å². The van der Waals surface area contributed by atoms with Crippen molar-refractivity contribution < 1.29 is 5.11 Å². The van der Waals surface area contributed by atoms with Crippen LogP contribution in [-0.4, -0.2) is 26.1 Å². The fourth-order valence-corrected chi connectivity index (χ4v) is 2.48. The number of nitrogens with two attached hydrogens (primary N) is 1. The van der Waals surface area contributed by atoms with Crippen LogP contribution in [0.1, 0.15) is 32.4 Å². The third-order valence-electron chi connectivity index (χ3n) is 3.99. The molecular formula is C11H20N4O. The van der Waals surface area contributed by atoms with Crippen LogP contribution in [0.25, 0.3) is 0 Å². The molecule has 1 unspecified atom stereocenters. The average Bonchev–Trinajstić information content (AvgIpc) is 2.79. The molecule has 90 valence electrons. The van der Waals surface area contributed by atoms with Gasteiger partial charge in [-0.2, -0.15) is 0 Å². The predicted octanol–water partition coefficient (Wildman–Crippen LogP) is 0.534. The predicted molar refractivity (Wildman–Crippen MR) is 60.4 cm³/mol. The van der Waals surface area contributed by atoms with Gasteiger partial charge in [-0.05, 0) is 24.2 Å². The molecule has 1 fully saturated rings. The Morgan fingerprint density at radius 1 is 1.56 bits per heavy atom. The summed E-state index contributed by atoms with van der Waals surface area (Å²) in [4.78, 5) is 0. The summed E-state index contributed by atoms with van der Waals surface area (Å²) in [6.07, 6.45) is 4.03. The molecule has 1 heterocycles. The molecule has 1 saturated carbocycles. The fourth-order valence-electron chi connectivity index (χ4n) is 2.48. The molecule has 0 radical (unpaired) electrons. The highest BCUT2D eigenvalue weighted by molar-refractivity contribution is 4.96. The summed E-state index contributed by atoms with van der Waals surface area (Å²) in [6, 6.07) is 0.276. The zero-order valence-electron chi connectivity index (χ0n) is 9.93. The number of aliphatic hydroxyl groups is 1. The maximum atomic E-state index is 8.92. The Hall–Kier alpha value is -0.940. The Labute approximate surface area is 95.6 Å². The third kappa shape index (κ3) is 1.97. The molecule has 5 nitrogen and oxygen atoms in total. The normalized spacial score (nSPS) is 28.5. The second-order valence-electron chi connectivity index (χ2n) is 5.29. The van der Waals surface area contributed by atoms with E-state index in [1.807, 2.05) is 4.68 Å². The maximum absolute atomic E-state index is 8.92. The minimum Gasteiger partial charge on any atom is -0.390 e. The Bertz CT molecular complexity index is 361. The first kappa shape index (κ1) is 11.5. The minimum absolute atomic E-state index is 0.0480. The number of aliphatic hydroxyl groups excluding tert-OH is 1. The van der Waals surface area contributed by atoms with Crippen LogP contribution in [0.15, 0.2) is 6.20 Å². The van der Waals surface area contributed by atoms with Crippen LogP contribution in [-0.2, 0) is 13.2 Å². The summed E-state index contributed by atoms with van der Waals surface area (Å²) in [7, 11) is 0. The van der Waals surface area contributed by atoms with Crippen LogP contribution < -0.4 is 5.73 Å². The highest BCUT2D eigenvalue weighted by Gasteiger charge is 2.41. The lowest BCUT2D eigenvalue weighted by molar-refractivity contribution is 0.203. The molecule has 0 bridgehead atoms. The van der Waals surface area contributed by atoms with E-state index in [9.17, 15) is 0 Å². The SMILES string of the molecule is CC1(C)C(Cn2cc(CO)nn2)CC[C@H]1N. The van der Waals surface area contributed by atoms with E-state index in [0.29, 0.717) is 11.6 Å². The van der Waals surface area contributed by atoms with Crippen molar-refractivity contribution in [2.45, 2.75) is 45.9 Å². The Morgan fingerprint density at radius 2 is 2.31 bits per heavy atom. The molecule has 2 rings (SSSR count). The van der Waals surface area contributed by atoms with E-state index in [2.05, 4.69) is 24.2 Å². The van der Waals surface area contributed by atoms with Crippen molar-refractivity contribution in [3.05, 3.63) is 11.9 Å². The highest BCUT2D eigenvalue weighted by atomic mass is 16.3. The molecule has 1 aliphatic rings. The molecule has 1 aliphatic carbocycles. The fraction of sp³-hybridized carbons (Fsp3) is 0.818. The van der Waals surface area contributed by atoms with Gasteiger partial charge < -0.3 is 10.8 Å². The van der Waals surface area contributed by atoms with Crippen molar-refractivity contribution in [1.82, 2.24) is 15.0 Å². The van der Waals surface area contributed by atoms with Gasteiger partial charge in [0.05, 0.1) is 12.8 Å². The highest BCUT2D eigenvalue weighted by Crippen LogP contribution is 2.42. The summed E-state index contributed by atoms with van der Waals surface area (Å²) >= 11 is 0. The lowest BCUT2D eigenvalue weighted by atomic mass is 9.79. The molecule has 0 amide bonds. The summed E-state index contributed by atoms with van der Waals surface area (Å²) in [5, 5.41) is 16.8. The third-order valence-corrected chi connectivity index (χ3v) is 3.99. The summed E-state index contributed by atoms with van der Waals surface area (Å²) < 4.78 is 1.82. The molecule has 0 aliphatic heterocycles. The number of hydrogen-bond acceptors (Lipinski definition) is 4. The van der Waals surface area contributed by atoms with E-state index in [-0.39, 0.29) is 18.1 Å². The molecule has 5 heteroatoms. The van der Waals surface area contributed by atoms with Gasteiger partial charge >= 0.3 is 0 Å². The van der Waals surface area contributed by atoms with Gasteiger partial charge in [0.25, 0.3) is 0 Å². The zero-order valence-corrected chi connectivity index (χ0v) is 9.93. The van der Waals surface area contributed by atoms with Crippen LogP contribution in [0.5, 0.6) is 0 Å². The zero-order chi connectivity index (χ0) is 11.8. The molecule has 2 atom stereocenters. The van der Waals surface area contributed by atoms with Crippen molar-refractivity contribution in [1.29, 1.82) is 0 Å². The van der Waals surface area contributed by atoms with Crippen molar-refractivity contribution in [2.24, 2.45) is 17.1 Å². The lowest BCUT2D eigenvalue weighted by Gasteiger charge is -2.30. The number of rotatable bonds is 3. The largest absolute Gasteiger partial charge is 0.390 e. The number of aromatic nitrogens is 3. The van der Waals surface area contributed by atoms with Gasteiger partial charge in [0, 0.05) is 12.6 Å². The second-order valence-corrected chi connectivity index (χ2v) is 5.29. The summed E-state index contributed by atoms with van der Waals surface area (Å²) in [5.41, 5.74) is 6.89. The van der Waals surface area contributed by atoms with Crippen molar-refractivity contribution in [2.75, 3.05) is 0 Å². The lowest BCUT2D eigenvalue weighted by Crippen LogP contribution is -2.37. The molecular weight excluding hydrogens is 204 g/mol. The number of hydrogen-bond donors (Lipinski definition) is 2. The first-order valence-corrected chi connectivity index (χ1v) is 5.79. The van der Waals surface area contributed by atoms with Gasteiger partial charge in [-0.25, -0.2) is 0 Å². The first-order chi connectivity index (χ1) is 7.54. The van der Waals surface area contributed by atoms with E-state index in [0.717, 1.165) is 19.4 Å². The Balaban J connectivity index is 2.05. The van der Waals surface area contributed by atoms with Crippen LogP contribution in [0.2, 0.25) is 0 Å². The van der Waals surface area contributed by atoms with E-state index in [1.54, 1.807) is 6.20 Å². The smallest absolute Gasteiger partial charge is 0.108 e. The topological polar surface area (TPSA) is 77.0 Å². The standard InChI is InChI=1S/C11H20N4O/c1-11(2)8(3-4-10(11)12)5-15-6-9(7-16)13-14-15/h6,8,10,16H,3-5,7,12H2,1-2H3/t8?,10-/m1/s1. The van der Waals surface area contributed by atoms with E-state index < -0.39 is 0 Å². The van der Waals surface area contributed by atoms with Gasteiger partial charge in [-0.1, -0.05) is 19.1 Å². The summed E-state index contributed by atoms with van der Waals surface area (Å²) in [6.45, 7) is 5.24. The molecule has 0 spiro atoms.